The Kier molecular flexibility index (Phi) is 6.60. The summed E-state index contributed by atoms with van der Waals surface area (Å²) >= 11 is 1.64. The van der Waals surface area contributed by atoms with Gasteiger partial charge >= 0.3 is 0 Å². The number of hydrogen-bond donors (Lipinski definition) is 1. The second kappa shape index (κ2) is 8.84. The molecule has 2 aromatic rings. The van der Waals surface area contributed by atoms with Crippen LogP contribution in [0.5, 0.6) is 0 Å². The fraction of sp³-hybridized carbons (Fsp3) is 0.542. The number of benzene rings is 1. The molecule has 1 saturated carbocycles. The number of Topliss-reactive ketones (excluding diaryl/α,β-unsaturated/α-hetero) is 1. The second-order valence-corrected chi connectivity index (χ2v) is 12.5. The number of thiophene rings is 1. The predicted octanol–water partition coefficient (Wildman–Crippen LogP) is 4.46. The van der Waals surface area contributed by atoms with Gasteiger partial charge in [0.1, 0.15) is 5.60 Å². The molecule has 1 aromatic heterocycles. The zero-order valence-electron chi connectivity index (χ0n) is 18.3. The van der Waals surface area contributed by atoms with Gasteiger partial charge < -0.3 is 10.1 Å². The minimum Gasteiger partial charge on any atom is -0.363 e. The molecule has 8 heteroatoms. The first-order valence-electron chi connectivity index (χ1n) is 11.2. The fourth-order valence-electron chi connectivity index (χ4n) is 4.92. The number of aryl methyl sites for hydroxylation is 1. The van der Waals surface area contributed by atoms with Gasteiger partial charge in [0.2, 0.25) is 0 Å². The molecule has 0 unspecified atom stereocenters. The van der Waals surface area contributed by atoms with Crippen LogP contribution in [0, 0.1) is 0 Å². The Bertz CT molecular complexity index is 1100. The molecule has 0 amide bonds. The molecular weight excluding hydrogens is 466 g/mol. The molecule has 1 aliphatic carbocycles. The van der Waals surface area contributed by atoms with Crippen molar-refractivity contribution in [2.45, 2.75) is 68.0 Å². The molecule has 1 aromatic carbocycles. The van der Waals surface area contributed by atoms with Crippen LogP contribution in [-0.2, 0) is 33.0 Å². The number of halogens is 1. The van der Waals surface area contributed by atoms with Crippen LogP contribution >= 0.6 is 23.7 Å². The van der Waals surface area contributed by atoms with Crippen molar-refractivity contribution in [1.29, 1.82) is 0 Å². The number of nitrogens with one attached hydrogen (secondary N) is 1. The van der Waals surface area contributed by atoms with Crippen LogP contribution in [0.4, 0.5) is 0 Å². The van der Waals surface area contributed by atoms with E-state index in [4.69, 9.17) is 4.74 Å². The number of piperidine rings is 1. The van der Waals surface area contributed by atoms with Crippen LogP contribution < -0.4 is 5.32 Å². The van der Waals surface area contributed by atoms with E-state index < -0.39 is 9.84 Å². The van der Waals surface area contributed by atoms with Gasteiger partial charge in [0.15, 0.2) is 15.6 Å². The van der Waals surface area contributed by atoms with E-state index in [0.29, 0.717) is 17.7 Å². The number of fused-ring (bicyclic) bond motifs is 2. The summed E-state index contributed by atoms with van der Waals surface area (Å²) in [5.74, 6) is 0.259. The number of hydrogen-bond acceptors (Lipinski definition) is 6. The summed E-state index contributed by atoms with van der Waals surface area (Å²) in [6.07, 6.45) is 6.19. The van der Waals surface area contributed by atoms with Gasteiger partial charge in [-0.15, -0.1) is 23.7 Å². The number of ether oxygens (including phenoxy) is 1. The molecule has 5 nitrogen and oxygen atoms in total. The first-order valence-corrected chi connectivity index (χ1v) is 13.7. The van der Waals surface area contributed by atoms with Gasteiger partial charge in [-0.3, -0.25) is 4.79 Å². The molecule has 2 fully saturated rings. The molecule has 3 heterocycles. The number of carbonyl (C=O) groups is 1. The maximum atomic E-state index is 13.0. The van der Waals surface area contributed by atoms with Crippen LogP contribution in [0.25, 0.3) is 0 Å². The maximum Gasteiger partial charge on any atom is 0.178 e. The fourth-order valence-corrected chi connectivity index (χ4v) is 7.13. The van der Waals surface area contributed by atoms with E-state index in [1.165, 1.54) is 10.4 Å². The molecule has 2 spiro atoms. The molecule has 32 heavy (non-hydrogen) atoms. The minimum absolute atomic E-state index is 0. The van der Waals surface area contributed by atoms with Gasteiger partial charge in [0, 0.05) is 17.7 Å². The lowest BCUT2D eigenvalue weighted by atomic mass is 9.84. The Morgan fingerprint density at radius 3 is 2.44 bits per heavy atom. The highest BCUT2D eigenvalue weighted by atomic mass is 35.5. The first-order chi connectivity index (χ1) is 14.8. The Labute approximate surface area is 200 Å². The van der Waals surface area contributed by atoms with E-state index >= 15 is 0 Å². The Morgan fingerprint density at radius 2 is 1.81 bits per heavy atom. The second-order valence-electron chi connectivity index (χ2n) is 9.14. The third-order valence-electron chi connectivity index (χ3n) is 6.94. The maximum absolute atomic E-state index is 13.0. The number of rotatable bonds is 6. The number of carbonyl (C=O) groups excluding carboxylic acids is 1. The quantitative estimate of drug-likeness (QED) is 0.599. The van der Waals surface area contributed by atoms with Crippen LogP contribution in [0.2, 0.25) is 0 Å². The molecule has 174 valence electrons. The smallest absolute Gasteiger partial charge is 0.178 e. The number of ketones is 1. The zero-order chi connectivity index (χ0) is 21.7. The highest BCUT2D eigenvalue weighted by Gasteiger charge is 2.56. The molecule has 1 N–H and O–H groups in total. The normalized spacial score (nSPS) is 20.5. The van der Waals surface area contributed by atoms with Crippen molar-refractivity contribution in [3.8, 4) is 0 Å². The SMILES string of the molecule is CCS(=O)(=O)c1ccc(CCC(=O)c2cc3c(s2)C2(CCNCC2)OC2(CC2)C3)cc1.Cl. The minimum atomic E-state index is -3.19. The van der Waals surface area contributed by atoms with Crippen molar-refractivity contribution in [3.63, 3.8) is 0 Å². The van der Waals surface area contributed by atoms with Gasteiger partial charge in [0.05, 0.1) is 21.1 Å². The summed E-state index contributed by atoms with van der Waals surface area (Å²) in [7, 11) is -3.19. The lowest BCUT2D eigenvalue weighted by Gasteiger charge is -2.44. The molecule has 5 rings (SSSR count). The van der Waals surface area contributed by atoms with Crippen LogP contribution in [-0.4, -0.2) is 38.6 Å². The summed E-state index contributed by atoms with van der Waals surface area (Å²) in [6.45, 7) is 3.56. The van der Waals surface area contributed by atoms with E-state index in [9.17, 15) is 13.2 Å². The molecular formula is C24H30ClNO4S2. The van der Waals surface area contributed by atoms with E-state index in [2.05, 4.69) is 11.4 Å². The molecule has 0 atom stereocenters. The van der Waals surface area contributed by atoms with Crippen molar-refractivity contribution in [3.05, 3.63) is 51.2 Å². The summed E-state index contributed by atoms with van der Waals surface area (Å²) < 4.78 is 30.7. The van der Waals surface area contributed by atoms with Crippen molar-refractivity contribution < 1.29 is 17.9 Å². The molecule has 2 aliphatic heterocycles. The van der Waals surface area contributed by atoms with Crippen LogP contribution in [0.1, 0.15) is 64.7 Å². The van der Waals surface area contributed by atoms with Crippen LogP contribution in [0.3, 0.4) is 0 Å². The largest absolute Gasteiger partial charge is 0.363 e. The van der Waals surface area contributed by atoms with Crippen molar-refractivity contribution in [2.75, 3.05) is 18.8 Å². The standard InChI is InChI=1S/C24H29NO4S2.ClH/c1-2-31(27,28)19-6-3-17(4-7-19)5-8-20(26)21-15-18-16-23(9-10-23)29-24(22(18)30-21)11-13-25-14-12-24;/h3-4,6-7,15,25H,2,5,8-14,16H2,1H3;1H. The molecule has 1 saturated heterocycles. The first kappa shape index (κ1) is 23.9. The van der Waals surface area contributed by atoms with Gasteiger partial charge in [0.25, 0.3) is 0 Å². The topological polar surface area (TPSA) is 72.5 Å². The highest BCUT2D eigenvalue weighted by Crippen LogP contribution is 2.56. The molecule has 0 bridgehead atoms. The summed E-state index contributed by atoms with van der Waals surface area (Å²) in [6, 6.07) is 9.07. The molecule has 0 radical (unpaired) electrons. The third-order valence-corrected chi connectivity index (χ3v) is 10.1. The van der Waals surface area contributed by atoms with Crippen molar-refractivity contribution in [2.24, 2.45) is 0 Å². The van der Waals surface area contributed by atoms with E-state index in [1.54, 1.807) is 30.4 Å². The zero-order valence-corrected chi connectivity index (χ0v) is 20.8. The number of sulfone groups is 1. The predicted molar refractivity (Wildman–Crippen MR) is 129 cm³/mol. The van der Waals surface area contributed by atoms with Gasteiger partial charge in [-0.05, 0) is 74.5 Å². The van der Waals surface area contributed by atoms with Gasteiger partial charge in [-0.2, -0.15) is 0 Å². The van der Waals surface area contributed by atoms with E-state index in [1.807, 2.05) is 12.1 Å². The summed E-state index contributed by atoms with van der Waals surface area (Å²) in [5, 5.41) is 3.44. The van der Waals surface area contributed by atoms with Crippen LogP contribution in [0.15, 0.2) is 35.2 Å². The van der Waals surface area contributed by atoms with E-state index in [0.717, 1.165) is 55.6 Å². The van der Waals surface area contributed by atoms with Gasteiger partial charge in [-0.25, -0.2) is 8.42 Å². The van der Waals surface area contributed by atoms with Crippen molar-refractivity contribution in [1.82, 2.24) is 5.32 Å². The summed E-state index contributed by atoms with van der Waals surface area (Å²) in [5.41, 5.74) is 2.12. The highest BCUT2D eigenvalue weighted by molar-refractivity contribution is 7.91. The van der Waals surface area contributed by atoms with Gasteiger partial charge in [-0.1, -0.05) is 19.1 Å². The lowest BCUT2D eigenvalue weighted by molar-refractivity contribution is -0.138. The average Bonchev–Trinajstić information content (AvgIpc) is 3.36. The monoisotopic (exact) mass is 495 g/mol. The Morgan fingerprint density at radius 1 is 1.12 bits per heavy atom. The lowest BCUT2D eigenvalue weighted by Crippen LogP contribution is -2.47. The Hall–Kier alpha value is -1.25. The van der Waals surface area contributed by atoms with Crippen molar-refractivity contribution >= 4 is 39.4 Å². The van der Waals surface area contributed by atoms with E-state index in [-0.39, 0.29) is 35.1 Å². The summed E-state index contributed by atoms with van der Waals surface area (Å²) in [4.78, 5) is 15.5. The average molecular weight is 496 g/mol. The molecule has 3 aliphatic rings. The Balaban J connectivity index is 0.00000245. The third kappa shape index (κ3) is 4.42.